The third kappa shape index (κ3) is 6.01. The predicted octanol–water partition coefficient (Wildman–Crippen LogP) is 4.47. The Kier molecular flexibility index (Phi) is 7.91. The third-order valence-corrected chi connectivity index (χ3v) is 4.27. The number of ether oxygens (including phenoxy) is 2. The van der Waals surface area contributed by atoms with Crippen molar-refractivity contribution in [3.05, 3.63) is 41.1 Å². The maximum Gasteiger partial charge on any atom is 0.338 e. The molecule has 0 spiro atoms. The van der Waals surface area contributed by atoms with Crippen LogP contribution in [0.5, 0.6) is 5.75 Å². The van der Waals surface area contributed by atoms with Crippen molar-refractivity contribution in [1.29, 1.82) is 0 Å². The number of nitrogens with one attached hydrogen (secondary N) is 2. The Morgan fingerprint density at radius 1 is 1.21 bits per heavy atom. The second-order valence-electron chi connectivity index (χ2n) is 7.76. The standard InChI is InChI=1S/C22H32N2O4/c1-6-7-11-18-19(21(25)28-15(4)5)20(24-22(26)23-18)16-9-8-10-17(12-16)27-13-14(2)3/h8-10,12,14-15,20H,6-7,11,13H2,1-5H3,(H2,23,24,26). The van der Waals surface area contributed by atoms with Gasteiger partial charge in [-0.1, -0.05) is 39.3 Å². The Balaban J connectivity index is 2.41. The summed E-state index contributed by atoms with van der Waals surface area (Å²) < 4.78 is 11.3. The first-order valence-electron chi connectivity index (χ1n) is 10.1. The first-order chi connectivity index (χ1) is 13.3. The minimum absolute atomic E-state index is 0.244. The van der Waals surface area contributed by atoms with Crippen LogP contribution in [0, 0.1) is 5.92 Å². The van der Waals surface area contributed by atoms with Gasteiger partial charge in [0, 0.05) is 5.70 Å². The first kappa shape index (κ1) is 21.8. The van der Waals surface area contributed by atoms with Gasteiger partial charge in [-0.15, -0.1) is 0 Å². The van der Waals surface area contributed by atoms with E-state index in [9.17, 15) is 9.59 Å². The molecule has 2 amide bonds. The Morgan fingerprint density at radius 2 is 1.96 bits per heavy atom. The highest BCUT2D eigenvalue weighted by Crippen LogP contribution is 2.31. The molecule has 1 unspecified atom stereocenters. The molecule has 0 aliphatic carbocycles. The summed E-state index contributed by atoms with van der Waals surface area (Å²) in [4.78, 5) is 25.1. The molecule has 154 valence electrons. The first-order valence-corrected chi connectivity index (χ1v) is 10.1. The quantitative estimate of drug-likeness (QED) is 0.612. The summed E-state index contributed by atoms with van der Waals surface area (Å²) in [5.74, 6) is 0.706. The van der Waals surface area contributed by atoms with Crippen molar-refractivity contribution in [2.75, 3.05) is 6.61 Å². The van der Waals surface area contributed by atoms with Crippen LogP contribution in [0.4, 0.5) is 4.79 Å². The van der Waals surface area contributed by atoms with E-state index in [1.54, 1.807) is 0 Å². The molecule has 6 heteroatoms. The van der Waals surface area contributed by atoms with Crippen LogP contribution in [-0.4, -0.2) is 24.7 Å². The van der Waals surface area contributed by atoms with E-state index in [1.165, 1.54) is 0 Å². The van der Waals surface area contributed by atoms with E-state index in [0.717, 1.165) is 18.4 Å². The van der Waals surface area contributed by atoms with Gasteiger partial charge in [-0.25, -0.2) is 9.59 Å². The highest BCUT2D eigenvalue weighted by atomic mass is 16.5. The predicted molar refractivity (Wildman–Crippen MR) is 109 cm³/mol. The van der Waals surface area contributed by atoms with E-state index in [1.807, 2.05) is 38.1 Å². The summed E-state index contributed by atoms with van der Waals surface area (Å²) in [5.41, 5.74) is 1.89. The number of esters is 1. The number of urea groups is 1. The number of carbonyl (C=O) groups is 2. The highest BCUT2D eigenvalue weighted by Gasteiger charge is 2.34. The second kappa shape index (κ2) is 10.2. The van der Waals surface area contributed by atoms with Gasteiger partial charge in [0.1, 0.15) is 5.75 Å². The number of carbonyl (C=O) groups excluding carboxylic acids is 2. The van der Waals surface area contributed by atoms with Gasteiger partial charge < -0.3 is 20.1 Å². The summed E-state index contributed by atoms with van der Waals surface area (Å²) in [6, 6.07) is 6.62. The summed E-state index contributed by atoms with van der Waals surface area (Å²) in [6.07, 6.45) is 2.21. The number of allylic oxidation sites excluding steroid dienone is 1. The van der Waals surface area contributed by atoms with Gasteiger partial charge >= 0.3 is 12.0 Å². The Morgan fingerprint density at radius 3 is 2.61 bits per heavy atom. The Bertz CT molecular complexity index is 725. The van der Waals surface area contributed by atoms with Crippen LogP contribution in [0.3, 0.4) is 0 Å². The lowest BCUT2D eigenvalue weighted by Gasteiger charge is -2.30. The molecule has 6 nitrogen and oxygen atoms in total. The molecule has 2 rings (SSSR count). The summed E-state index contributed by atoms with van der Waals surface area (Å²) >= 11 is 0. The molecule has 0 saturated carbocycles. The molecule has 28 heavy (non-hydrogen) atoms. The van der Waals surface area contributed by atoms with Crippen LogP contribution in [0.25, 0.3) is 0 Å². The van der Waals surface area contributed by atoms with Gasteiger partial charge in [0.05, 0.1) is 24.3 Å². The largest absolute Gasteiger partial charge is 0.493 e. The van der Waals surface area contributed by atoms with E-state index in [0.29, 0.717) is 36.0 Å². The van der Waals surface area contributed by atoms with Crippen molar-refractivity contribution in [3.8, 4) is 5.75 Å². The molecule has 1 heterocycles. The molecule has 1 aliphatic rings. The molecule has 0 radical (unpaired) electrons. The molecule has 0 bridgehead atoms. The van der Waals surface area contributed by atoms with Crippen molar-refractivity contribution < 1.29 is 19.1 Å². The molecule has 0 fully saturated rings. The van der Waals surface area contributed by atoms with Crippen molar-refractivity contribution in [2.45, 2.75) is 66.0 Å². The van der Waals surface area contributed by atoms with Crippen molar-refractivity contribution in [3.63, 3.8) is 0 Å². The smallest absolute Gasteiger partial charge is 0.338 e. The fraction of sp³-hybridized carbons (Fsp3) is 0.545. The molecule has 1 atom stereocenters. The van der Waals surface area contributed by atoms with Crippen molar-refractivity contribution in [1.82, 2.24) is 10.6 Å². The average molecular weight is 389 g/mol. The van der Waals surface area contributed by atoms with Crippen LogP contribution >= 0.6 is 0 Å². The molecular formula is C22H32N2O4. The van der Waals surface area contributed by atoms with Gasteiger partial charge in [0.2, 0.25) is 0 Å². The number of amides is 2. The lowest BCUT2D eigenvalue weighted by atomic mass is 9.93. The van der Waals surface area contributed by atoms with E-state index >= 15 is 0 Å². The second-order valence-corrected chi connectivity index (χ2v) is 7.76. The molecule has 2 N–H and O–H groups in total. The Labute approximate surface area is 167 Å². The van der Waals surface area contributed by atoms with E-state index in [2.05, 4.69) is 31.4 Å². The highest BCUT2D eigenvalue weighted by molar-refractivity contribution is 5.95. The summed E-state index contributed by atoms with van der Waals surface area (Å²) in [6.45, 7) is 10.5. The molecule has 1 aromatic rings. The van der Waals surface area contributed by atoms with E-state index in [-0.39, 0.29) is 12.1 Å². The van der Waals surface area contributed by atoms with E-state index < -0.39 is 12.0 Å². The zero-order valence-electron chi connectivity index (χ0n) is 17.5. The molecule has 0 saturated heterocycles. The lowest BCUT2D eigenvalue weighted by molar-refractivity contribution is -0.143. The van der Waals surface area contributed by atoms with Gasteiger partial charge in [0.25, 0.3) is 0 Å². The molecule has 1 aliphatic heterocycles. The van der Waals surface area contributed by atoms with E-state index in [4.69, 9.17) is 9.47 Å². The summed E-state index contributed by atoms with van der Waals surface area (Å²) in [5, 5.41) is 5.68. The number of hydrogen-bond acceptors (Lipinski definition) is 4. The topological polar surface area (TPSA) is 76.7 Å². The maximum atomic E-state index is 12.9. The molecule has 1 aromatic carbocycles. The van der Waals surface area contributed by atoms with Gasteiger partial charge in [0.15, 0.2) is 0 Å². The van der Waals surface area contributed by atoms with Gasteiger partial charge in [-0.05, 0) is 50.3 Å². The van der Waals surface area contributed by atoms with Crippen LogP contribution < -0.4 is 15.4 Å². The number of hydrogen-bond donors (Lipinski definition) is 2. The van der Waals surface area contributed by atoms with Crippen LogP contribution in [0.1, 0.15) is 65.5 Å². The van der Waals surface area contributed by atoms with Crippen LogP contribution in [-0.2, 0) is 9.53 Å². The average Bonchev–Trinajstić information content (AvgIpc) is 2.63. The normalized spacial score (nSPS) is 16.8. The van der Waals surface area contributed by atoms with Gasteiger partial charge in [-0.2, -0.15) is 0 Å². The zero-order chi connectivity index (χ0) is 20.7. The van der Waals surface area contributed by atoms with Crippen molar-refractivity contribution in [2.24, 2.45) is 5.92 Å². The fourth-order valence-electron chi connectivity index (χ4n) is 2.98. The lowest BCUT2D eigenvalue weighted by Crippen LogP contribution is -2.46. The monoisotopic (exact) mass is 388 g/mol. The van der Waals surface area contributed by atoms with Crippen LogP contribution in [0.15, 0.2) is 35.5 Å². The number of rotatable bonds is 9. The van der Waals surface area contributed by atoms with Crippen LogP contribution in [0.2, 0.25) is 0 Å². The number of benzene rings is 1. The zero-order valence-corrected chi connectivity index (χ0v) is 17.5. The maximum absolute atomic E-state index is 12.9. The molecular weight excluding hydrogens is 356 g/mol. The Hall–Kier alpha value is -2.50. The summed E-state index contributed by atoms with van der Waals surface area (Å²) in [7, 11) is 0. The third-order valence-electron chi connectivity index (χ3n) is 4.27. The fourth-order valence-corrected chi connectivity index (χ4v) is 2.98. The van der Waals surface area contributed by atoms with Gasteiger partial charge in [-0.3, -0.25) is 0 Å². The SMILES string of the molecule is CCCCC1=C(C(=O)OC(C)C)C(c2cccc(OCC(C)C)c2)NC(=O)N1. The van der Waals surface area contributed by atoms with Crippen molar-refractivity contribution >= 4 is 12.0 Å². The number of unbranched alkanes of at least 4 members (excludes halogenated alkanes) is 1. The molecule has 0 aromatic heterocycles. The minimum atomic E-state index is -0.575. The minimum Gasteiger partial charge on any atom is -0.493 e.